The molecule has 2 heteroatoms. The number of benzene rings is 1. The summed E-state index contributed by atoms with van der Waals surface area (Å²) in [6.45, 7) is 8.84. The van der Waals surface area contributed by atoms with Gasteiger partial charge in [-0.05, 0) is 42.0 Å². The van der Waals surface area contributed by atoms with E-state index in [4.69, 9.17) is 0 Å². The topological polar surface area (TPSA) is 12.9 Å². The van der Waals surface area contributed by atoms with E-state index >= 15 is 0 Å². The molecule has 1 nitrogen and oxygen atoms in total. The first-order valence-corrected chi connectivity index (χ1v) is 8.42. The van der Waals surface area contributed by atoms with Crippen LogP contribution < -0.4 is 0 Å². The van der Waals surface area contributed by atoms with Crippen molar-refractivity contribution in [1.29, 1.82) is 0 Å². The zero-order valence-corrected chi connectivity index (χ0v) is 14.8. The lowest BCUT2D eigenvalue weighted by atomic mass is 9.98. The molecule has 0 saturated carbocycles. The van der Waals surface area contributed by atoms with Gasteiger partial charge >= 0.3 is 0 Å². The lowest BCUT2D eigenvalue weighted by Crippen LogP contribution is -1.97. The van der Waals surface area contributed by atoms with Crippen molar-refractivity contribution in [3.63, 3.8) is 0 Å². The number of hydrogen-bond donors (Lipinski definition) is 0. The summed E-state index contributed by atoms with van der Waals surface area (Å²) >= 11 is 2.47. The van der Waals surface area contributed by atoms with E-state index in [2.05, 4.69) is 85.6 Å². The van der Waals surface area contributed by atoms with Crippen LogP contribution in [0.1, 0.15) is 43.4 Å². The van der Waals surface area contributed by atoms with Crippen molar-refractivity contribution in [2.24, 2.45) is 0 Å². The quantitative estimate of drug-likeness (QED) is 0.502. The van der Waals surface area contributed by atoms with Gasteiger partial charge in [0, 0.05) is 15.7 Å². The van der Waals surface area contributed by atoms with Crippen molar-refractivity contribution in [3.05, 3.63) is 53.2 Å². The number of hydrogen-bond acceptors (Lipinski definition) is 1. The second kappa shape index (κ2) is 6.70. The predicted molar refractivity (Wildman–Crippen MR) is 95.7 cm³/mol. The zero-order chi connectivity index (χ0) is 14.7. The van der Waals surface area contributed by atoms with Gasteiger partial charge in [0.1, 0.15) is 0 Å². The molecule has 1 unspecified atom stereocenters. The molecule has 0 aliphatic heterocycles. The van der Waals surface area contributed by atoms with Crippen LogP contribution >= 0.6 is 22.6 Å². The summed E-state index contributed by atoms with van der Waals surface area (Å²) in [5, 5.41) is 0. The van der Waals surface area contributed by atoms with Crippen molar-refractivity contribution in [2.45, 2.75) is 44.0 Å². The maximum atomic E-state index is 4.62. The van der Waals surface area contributed by atoms with Crippen LogP contribution in [0.4, 0.5) is 0 Å². The molecule has 0 bridgehead atoms. The minimum absolute atomic E-state index is 0.532. The average molecular weight is 379 g/mol. The Labute approximate surface area is 136 Å². The molecule has 0 fully saturated rings. The lowest BCUT2D eigenvalue weighted by Gasteiger charge is -2.11. The summed E-state index contributed by atoms with van der Waals surface area (Å²) in [4.78, 5) is 4.62. The highest BCUT2D eigenvalue weighted by Gasteiger charge is 2.07. The van der Waals surface area contributed by atoms with Crippen molar-refractivity contribution in [3.8, 4) is 11.3 Å². The Morgan fingerprint density at radius 2 is 1.75 bits per heavy atom. The summed E-state index contributed by atoms with van der Waals surface area (Å²) in [5.41, 5.74) is 6.33. The van der Waals surface area contributed by atoms with Crippen LogP contribution in [0, 0.1) is 6.92 Å². The van der Waals surface area contributed by atoms with Gasteiger partial charge in [0.2, 0.25) is 0 Å². The molecule has 0 aliphatic rings. The Balaban J connectivity index is 2.25. The monoisotopic (exact) mass is 379 g/mol. The highest BCUT2D eigenvalue weighted by Crippen LogP contribution is 2.24. The van der Waals surface area contributed by atoms with Gasteiger partial charge in [-0.25, -0.2) is 0 Å². The van der Waals surface area contributed by atoms with E-state index in [-0.39, 0.29) is 0 Å². The number of rotatable bonds is 4. The van der Waals surface area contributed by atoms with Crippen LogP contribution in [-0.2, 0) is 6.42 Å². The first-order valence-electron chi connectivity index (χ1n) is 7.17. The fraction of sp³-hybridized carbons (Fsp3) is 0.389. The minimum atomic E-state index is 0.532. The average Bonchev–Trinajstić information content (AvgIpc) is 2.38. The molecule has 1 atom stereocenters. The Hall–Kier alpha value is -0.900. The summed E-state index contributed by atoms with van der Waals surface area (Å²) in [6, 6.07) is 11.0. The van der Waals surface area contributed by atoms with E-state index in [1.54, 1.807) is 0 Å². The van der Waals surface area contributed by atoms with Gasteiger partial charge in [-0.3, -0.25) is 4.98 Å². The van der Waals surface area contributed by atoms with Crippen LogP contribution in [0.3, 0.4) is 0 Å². The Kier molecular flexibility index (Phi) is 5.19. The number of pyridine rings is 1. The van der Waals surface area contributed by atoms with Crippen LogP contribution in [0.5, 0.6) is 0 Å². The van der Waals surface area contributed by atoms with Gasteiger partial charge in [-0.1, -0.05) is 67.6 Å². The molecule has 2 rings (SSSR count). The Morgan fingerprint density at radius 1 is 1.10 bits per heavy atom. The standard InChI is InChI=1S/C18H22IN/c1-12(2)17-11-20-18(9-13(17)3)16-7-5-15(6-8-16)10-14(4)19/h5-9,11-12,14H,10H2,1-4H3. The molecule has 106 valence electrons. The summed E-state index contributed by atoms with van der Waals surface area (Å²) in [7, 11) is 0. The van der Waals surface area contributed by atoms with Gasteiger partial charge in [-0.2, -0.15) is 0 Å². The summed E-state index contributed by atoms with van der Waals surface area (Å²) < 4.78 is 0.671. The normalized spacial score (nSPS) is 12.7. The molecule has 0 spiro atoms. The molecule has 0 aliphatic carbocycles. The summed E-state index contributed by atoms with van der Waals surface area (Å²) in [5.74, 6) is 0.532. The highest BCUT2D eigenvalue weighted by molar-refractivity contribution is 14.1. The molecule has 2 aromatic rings. The van der Waals surface area contributed by atoms with E-state index < -0.39 is 0 Å². The fourth-order valence-corrected chi connectivity index (χ4v) is 2.97. The molecule has 0 saturated heterocycles. The van der Waals surface area contributed by atoms with Gasteiger partial charge in [0.25, 0.3) is 0 Å². The molecule has 0 amide bonds. The number of nitrogens with zero attached hydrogens (tertiary/aromatic N) is 1. The van der Waals surface area contributed by atoms with E-state index in [0.29, 0.717) is 9.84 Å². The number of aryl methyl sites for hydroxylation is 1. The fourth-order valence-electron chi connectivity index (χ4n) is 2.47. The molecule has 1 heterocycles. The van der Waals surface area contributed by atoms with E-state index in [1.807, 2.05) is 6.20 Å². The Bertz CT molecular complexity index is 570. The second-order valence-electron chi connectivity index (χ2n) is 5.76. The largest absolute Gasteiger partial charge is 0.256 e. The third-order valence-corrected chi connectivity index (χ3v) is 3.98. The minimum Gasteiger partial charge on any atom is -0.256 e. The van der Waals surface area contributed by atoms with Gasteiger partial charge in [0.15, 0.2) is 0 Å². The smallest absolute Gasteiger partial charge is 0.0704 e. The number of halogens is 1. The molecule has 0 N–H and O–H groups in total. The van der Waals surface area contributed by atoms with Gasteiger partial charge in [-0.15, -0.1) is 0 Å². The van der Waals surface area contributed by atoms with Crippen LogP contribution in [0.25, 0.3) is 11.3 Å². The van der Waals surface area contributed by atoms with E-state index in [1.165, 1.54) is 22.3 Å². The van der Waals surface area contributed by atoms with Crippen molar-refractivity contribution in [1.82, 2.24) is 4.98 Å². The van der Waals surface area contributed by atoms with Gasteiger partial charge < -0.3 is 0 Å². The number of alkyl halides is 1. The van der Waals surface area contributed by atoms with Crippen LogP contribution in [0.15, 0.2) is 36.5 Å². The predicted octanol–water partition coefficient (Wildman–Crippen LogP) is 5.55. The molecule has 1 aromatic heterocycles. The van der Waals surface area contributed by atoms with Crippen molar-refractivity contribution >= 4 is 22.6 Å². The third kappa shape index (κ3) is 3.81. The number of aromatic nitrogens is 1. The molecule has 20 heavy (non-hydrogen) atoms. The second-order valence-corrected chi connectivity index (χ2v) is 7.89. The van der Waals surface area contributed by atoms with E-state index in [9.17, 15) is 0 Å². The first kappa shape index (κ1) is 15.5. The highest BCUT2D eigenvalue weighted by atomic mass is 127. The molecular formula is C18H22IN. The van der Waals surface area contributed by atoms with Crippen LogP contribution in [0.2, 0.25) is 0 Å². The lowest BCUT2D eigenvalue weighted by molar-refractivity contribution is 0.848. The van der Waals surface area contributed by atoms with Gasteiger partial charge in [0.05, 0.1) is 5.69 Å². The maximum Gasteiger partial charge on any atom is 0.0704 e. The third-order valence-electron chi connectivity index (χ3n) is 3.54. The summed E-state index contributed by atoms with van der Waals surface area (Å²) in [6.07, 6.45) is 3.15. The van der Waals surface area contributed by atoms with Crippen molar-refractivity contribution in [2.75, 3.05) is 0 Å². The Morgan fingerprint density at radius 3 is 2.25 bits per heavy atom. The van der Waals surface area contributed by atoms with E-state index in [0.717, 1.165) is 12.1 Å². The molecule has 0 radical (unpaired) electrons. The van der Waals surface area contributed by atoms with Crippen LogP contribution in [-0.4, -0.2) is 8.91 Å². The van der Waals surface area contributed by atoms with Crippen molar-refractivity contribution < 1.29 is 0 Å². The zero-order valence-electron chi connectivity index (χ0n) is 12.7. The first-order chi connectivity index (χ1) is 9.47. The SMILES string of the molecule is Cc1cc(-c2ccc(CC(C)I)cc2)ncc1C(C)C. The molecule has 1 aromatic carbocycles. The maximum absolute atomic E-state index is 4.62. The molecular weight excluding hydrogens is 357 g/mol.